The molecule has 3 aromatic rings. The lowest BCUT2D eigenvalue weighted by Gasteiger charge is -2.36. The molecule has 0 saturated carbocycles. The summed E-state index contributed by atoms with van der Waals surface area (Å²) in [5.41, 5.74) is 2.03. The Hall–Kier alpha value is -2.96. The maximum atomic E-state index is 12.8. The van der Waals surface area contributed by atoms with Crippen molar-refractivity contribution in [1.29, 1.82) is 0 Å². The SMILES string of the molecule is CC(Cc1ccccc1)C(=O)N1CCN(c2ncnc3c2cnn3C)CC1. The van der Waals surface area contributed by atoms with Crippen LogP contribution in [0.5, 0.6) is 0 Å². The van der Waals surface area contributed by atoms with Crippen LogP contribution in [0.15, 0.2) is 42.9 Å². The molecule has 1 aliphatic rings. The fourth-order valence-corrected chi connectivity index (χ4v) is 3.71. The lowest BCUT2D eigenvalue weighted by atomic mass is 9.99. The summed E-state index contributed by atoms with van der Waals surface area (Å²) in [4.78, 5) is 25.8. The smallest absolute Gasteiger partial charge is 0.225 e. The highest BCUT2D eigenvalue weighted by Crippen LogP contribution is 2.23. The summed E-state index contributed by atoms with van der Waals surface area (Å²) in [5, 5.41) is 5.24. The molecule has 7 nitrogen and oxygen atoms in total. The van der Waals surface area contributed by atoms with E-state index in [-0.39, 0.29) is 11.8 Å². The number of piperazine rings is 1. The van der Waals surface area contributed by atoms with Gasteiger partial charge in [-0.15, -0.1) is 0 Å². The van der Waals surface area contributed by atoms with E-state index in [0.29, 0.717) is 13.1 Å². The van der Waals surface area contributed by atoms with Gasteiger partial charge in [0.15, 0.2) is 5.65 Å². The lowest BCUT2D eigenvalue weighted by Crippen LogP contribution is -2.50. The van der Waals surface area contributed by atoms with Crippen LogP contribution >= 0.6 is 0 Å². The van der Waals surface area contributed by atoms with Gasteiger partial charge in [-0.1, -0.05) is 37.3 Å². The first kappa shape index (κ1) is 17.5. The number of amides is 1. The number of benzene rings is 1. The Morgan fingerprint density at radius 1 is 1.11 bits per heavy atom. The quantitative estimate of drug-likeness (QED) is 0.707. The third-order valence-electron chi connectivity index (χ3n) is 5.21. The maximum Gasteiger partial charge on any atom is 0.225 e. The molecule has 1 saturated heterocycles. The van der Waals surface area contributed by atoms with Crippen molar-refractivity contribution in [2.24, 2.45) is 13.0 Å². The van der Waals surface area contributed by atoms with Gasteiger partial charge in [0.25, 0.3) is 0 Å². The number of anilines is 1. The monoisotopic (exact) mass is 364 g/mol. The first-order valence-electron chi connectivity index (χ1n) is 9.34. The minimum absolute atomic E-state index is 0.0111. The third-order valence-corrected chi connectivity index (χ3v) is 5.21. The molecule has 0 aliphatic carbocycles. The standard InChI is InChI=1S/C20H24N6O/c1-15(12-16-6-4-3-5-7-16)20(27)26-10-8-25(9-11-26)19-17-13-23-24(2)18(17)21-14-22-19/h3-7,13-15H,8-12H2,1-2H3. The highest BCUT2D eigenvalue weighted by atomic mass is 16.2. The Morgan fingerprint density at radius 3 is 2.59 bits per heavy atom. The van der Waals surface area contributed by atoms with Gasteiger partial charge in [0.2, 0.25) is 5.91 Å². The van der Waals surface area contributed by atoms with Gasteiger partial charge in [0.1, 0.15) is 12.1 Å². The molecule has 0 spiro atoms. The van der Waals surface area contributed by atoms with Crippen molar-refractivity contribution in [3.63, 3.8) is 0 Å². The third kappa shape index (κ3) is 3.49. The predicted molar refractivity (Wildman–Crippen MR) is 104 cm³/mol. The fraction of sp³-hybridized carbons (Fsp3) is 0.400. The Morgan fingerprint density at radius 2 is 1.85 bits per heavy atom. The van der Waals surface area contributed by atoms with E-state index in [0.717, 1.165) is 36.4 Å². The molecule has 4 rings (SSSR count). The van der Waals surface area contributed by atoms with Gasteiger partial charge in [-0.25, -0.2) is 9.97 Å². The fourth-order valence-electron chi connectivity index (χ4n) is 3.71. The number of aryl methyl sites for hydroxylation is 1. The van der Waals surface area contributed by atoms with Crippen molar-refractivity contribution in [3.8, 4) is 0 Å². The largest absolute Gasteiger partial charge is 0.352 e. The zero-order valence-corrected chi connectivity index (χ0v) is 15.7. The minimum Gasteiger partial charge on any atom is -0.352 e. The Bertz CT molecular complexity index is 930. The van der Waals surface area contributed by atoms with E-state index in [1.165, 1.54) is 5.56 Å². The summed E-state index contributed by atoms with van der Waals surface area (Å²) in [6, 6.07) is 10.2. The first-order chi connectivity index (χ1) is 13.1. The van der Waals surface area contributed by atoms with Crippen LogP contribution < -0.4 is 4.90 Å². The molecule has 3 heterocycles. The van der Waals surface area contributed by atoms with Gasteiger partial charge in [-0.05, 0) is 12.0 Å². The first-order valence-corrected chi connectivity index (χ1v) is 9.34. The van der Waals surface area contributed by atoms with Crippen LogP contribution in [-0.2, 0) is 18.3 Å². The molecular formula is C20H24N6O. The molecule has 7 heteroatoms. The topological polar surface area (TPSA) is 67.2 Å². The van der Waals surface area contributed by atoms with E-state index in [1.807, 2.05) is 43.3 Å². The van der Waals surface area contributed by atoms with Crippen LogP contribution in [-0.4, -0.2) is 56.7 Å². The van der Waals surface area contributed by atoms with Crippen LogP contribution in [0.1, 0.15) is 12.5 Å². The summed E-state index contributed by atoms with van der Waals surface area (Å²) in [6.07, 6.45) is 4.17. The Kier molecular flexibility index (Phi) is 4.75. The van der Waals surface area contributed by atoms with Gasteiger partial charge < -0.3 is 9.80 Å². The minimum atomic E-state index is -0.0111. The zero-order valence-electron chi connectivity index (χ0n) is 15.7. The van der Waals surface area contributed by atoms with Crippen LogP contribution in [0.25, 0.3) is 11.0 Å². The van der Waals surface area contributed by atoms with Crippen molar-refractivity contribution >= 4 is 22.8 Å². The van der Waals surface area contributed by atoms with Crippen LogP contribution in [0.4, 0.5) is 5.82 Å². The second kappa shape index (κ2) is 7.34. The summed E-state index contributed by atoms with van der Waals surface area (Å²) in [5.74, 6) is 1.12. The second-order valence-corrected chi connectivity index (χ2v) is 7.11. The van der Waals surface area contributed by atoms with Gasteiger partial charge >= 0.3 is 0 Å². The highest BCUT2D eigenvalue weighted by Gasteiger charge is 2.26. The average Bonchev–Trinajstić information content (AvgIpc) is 3.09. The average molecular weight is 364 g/mol. The van der Waals surface area contributed by atoms with Crippen molar-refractivity contribution in [1.82, 2.24) is 24.6 Å². The van der Waals surface area contributed by atoms with Gasteiger partial charge in [-0.2, -0.15) is 5.10 Å². The summed E-state index contributed by atoms with van der Waals surface area (Å²) >= 11 is 0. The maximum absolute atomic E-state index is 12.8. The van der Waals surface area contributed by atoms with E-state index < -0.39 is 0 Å². The number of carbonyl (C=O) groups excluding carboxylic acids is 1. The predicted octanol–water partition coefficient (Wildman–Crippen LogP) is 1.89. The highest BCUT2D eigenvalue weighted by molar-refractivity contribution is 5.87. The number of aromatic nitrogens is 4. The van der Waals surface area contributed by atoms with Crippen LogP contribution in [0, 0.1) is 5.92 Å². The number of hydrogen-bond donors (Lipinski definition) is 0. The van der Waals surface area contributed by atoms with Crippen LogP contribution in [0.3, 0.4) is 0 Å². The number of nitrogens with zero attached hydrogens (tertiary/aromatic N) is 6. The normalized spacial score (nSPS) is 15.9. The summed E-state index contributed by atoms with van der Waals surface area (Å²) in [7, 11) is 1.88. The molecular weight excluding hydrogens is 340 g/mol. The number of carbonyl (C=O) groups is 1. The molecule has 27 heavy (non-hydrogen) atoms. The Labute approximate surface area is 158 Å². The van der Waals surface area contributed by atoms with Crippen molar-refractivity contribution in [2.45, 2.75) is 13.3 Å². The molecule has 1 fully saturated rings. The van der Waals surface area contributed by atoms with E-state index in [2.05, 4.69) is 32.1 Å². The van der Waals surface area contributed by atoms with E-state index >= 15 is 0 Å². The molecule has 1 aromatic carbocycles. The molecule has 2 aromatic heterocycles. The molecule has 1 aliphatic heterocycles. The molecule has 1 unspecified atom stereocenters. The lowest BCUT2D eigenvalue weighted by molar-refractivity contribution is -0.135. The zero-order chi connectivity index (χ0) is 18.8. The van der Waals surface area contributed by atoms with E-state index in [1.54, 1.807) is 11.0 Å². The van der Waals surface area contributed by atoms with Crippen molar-refractivity contribution < 1.29 is 4.79 Å². The van der Waals surface area contributed by atoms with E-state index in [9.17, 15) is 4.79 Å². The number of hydrogen-bond acceptors (Lipinski definition) is 5. The number of fused-ring (bicyclic) bond motifs is 1. The Balaban J connectivity index is 1.40. The summed E-state index contributed by atoms with van der Waals surface area (Å²) < 4.78 is 1.76. The summed E-state index contributed by atoms with van der Waals surface area (Å²) in [6.45, 7) is 4.98. The van der Waals surface area contributed by atoms with E-state index in [4.69, 9.17) is 0 Å². The number of rotatable bonds is 4. The molecule has 0 radical (unpaired) electrons. The second-order valence-electron chi connectivity index (χ2n) is 7.11. The molecule has 0 N–H and O–H groups in total. The van der Waals surface area contributed by atoms with Gasteiger partial charge in [0, 0.05) is 39.1 Å². The van der Waals surface area contributed by atoms with Crippen molar-refractivity contribution in [3.05, 3.63) is 48.4 Å². The molecule has 1 amide bonds. The van der Waals surface area contributed by atoms with Crippen LogP contribution in [0.2, 0.25) is 0 Å². The van der Waals surface area contributed by atoms with Crippen molar-refractivity contribution in [2.75, 3.05) is 31.1 Å². The van der Waals surface area contributed by atoms with Gasteiger partial charge in [-0.3, -0.25) is 9.48 Å². The molecule has 0 bridgehead atoms. The molecule has 140 valence electrons. The van der Waals surface area contributed by atoms with Gasteiger partial charge in [0.05, 0.1) is 11.6 Å². The molecule has 1 atom stereocenters.